The van der Waals surface area contributed by atoms with Crippen LogP contribution in [0.5, 0.6) is 23.0 Å². The molecular weight excluding hydrogens is 484 g/mol. The zero-order valence-electron chi connectivity index (χ0n) is 21.2. The van der Waals surface area contributed by atoms with Crippen LogP contribution >= 0.6 is 0 Å². The van der Waals surface area contributed by atoms with E-state index in [0.717, 1.165) is 10.8 Å². The molecule has 4 aromatic rings. The van der Waals surface area contributed by atoms with E-state index in [1.54, 1.807) is 42.5 Å². The molecule has 0 aliphatic rings. The van der Waals surface area contributed by atoms with Crippen molar-refractivity contribution in [2.75, 3.05) is 19.8 Å². The number of rotatable bonds is 11. The second kappa shape index (κ2) is 12.9. The van der Waals surface area contributed by atoms with Crippen LogP contribution in [0, 0.1) is 0 Å². The fraction of sp³-hybridized carbons (Fsp3) is 0.167. The summed E-state index contributed by atoms with van der Waals surface area (Å²) in [6.07, 6.45) is 1.47. The van der Waals surface area contributed by atoms with Crippen molar-refractivity contribution >= 4 is 28.9 Å². The molecule has 0 heterocycles. The molecule has 8 heteroatoms. The van der Waals surface area contributed by atoms with E-state index >= 15 is 0 Å². The summed E-state index contributed by atoms with van der Waals surface area (Å²) in [5, 5.41) is 5.96. The predicted molar refractivity (Wildman–Crippen MR) is 145 cm³/mol. The Morgan fingerprint density at radius 2 is 1.55 bits per heavy atom. The van der Waals surface area contributed by atoms with Crippen LogP contribution in [0.4, 0.5) is 0 Å². The maximum atomic E-state index is 12.6. The molecule has 0 spiro atoms. The number of nitrogens with zero attached hydrogens (tertiary/aromatic N) is 1. The summed E-state index contributed by atoms with van der Waals surface area (Å²) < 4.78 is 22.3. The normalized spacial score (nSPS) is 10.8. The van der Waals surface area contributed by atoms with Gasteiger partial charge in [0.2, 0.25) is 0 Å². The van der Waals surface area contributed by atoms with E-state index in [9.17, 15) is 9.59 Å². The summed E-state index contributed by atoms with van der Waals surface area (Å²) in [6, 6.07) is 25.2. The SMILES string of the molecule is CCOc1ccc(C(=O)Oc2ccc(C=NNC(=O)COc3cccc4ccccc34)cc2OCC)cc1. The van der Waals surface area contributed by atoms with E-state index in [1.807, 2.05) is 56.3 Å². The summed E-state index contributed by atoms with van der Waals surface area (Å²) in [7, 11) is 0. The molecule has 38 heavy (non-hydrogen) atoms. The van der Waals surface area contributed by atoms with Crippen molar-refractivity contribution < 1.29 is 28.5 Å². The molecule has 194 valence electrons. The van der Waals surface area contributed by atoms with Crippen LogP contribution in [0.2, 0.25) is 0 Å². The topological polar surface area (TPSA) is 95.5 Å². The number of hydrogen-bond acceptors (Lipinski definition) is 7. The van der Waals surface area contributed by atoms with Gasteiger partial charge in [-0.25, -0.2) is 10.2 Å². The van der Waals surface area contributed by atoms with Crippen LogP contribution in [0.3, 0.4) is 0 Å². The van der Waals surface area contributed by atoms with Gasteiger partial charge in [-0.1, -0.05) is 36.4 Å². The molecule has 0 saturated carbocycles. The maximum Gasteiger partial charge on any atom is 0.343 e. The molecule has 0 saturated heterocycles. The van der Waals surface area contributed by atoms with E-state index in [1.165, 1.54) is 6.21 Å². The van der Waals surface area contributed by atoms with E-state index in [2.05, 4.69) is 10.5 Å². The van der Waals surface area contributed by atoms with Gasteiger partial charge in [-0.15, -0.1) is 0 Å². The first-order valence-corrected chi connectivity index (χ1v) is 12.2. The molecule has 4 aromatic carbocycles. The lowest BCUT2D eigenvalue weighted by Crippen LogP contribution is -2.24. The van der Waals surface area contributed by atoms with E-state index < -0.39 is 11.9 Å². The fourth-order valence-electron chi connectivity index (χ4n) is 3.65. The van der Waals surface area contributed by atoms with E-state index in [0.29, 0.717) is 41.6 Å². The van der Waals surface area contributed by atoms with E-state index in [4.69, 9.17) is 18.9 Å². The highest BCUT2D eigenvalue weighted by atomic mass is 16.6. The molecule has 1 amide bonds. The van der Waals surface area contributed by atoms with Crippen LogP contribution in [0.15, 0.2) is 90.0 Å². The van der Waals surface area contributed by atoms with Crippen LogP contribution in [-0.4, -0.2) is 37.9 Å². The molecule has 1 N–H and O–H groups in total. The summed E-state index contributed by atoms with van der Waals surface area (Å²) >= 11 is 0. The first-order valence-electron chi connectivity index (χ1n) is 12.2. The van der Waals surface area contributed by atoms with Gasteiger partial charge in [-0.2, -0.15) is 5.10 Å². The number of hydrogen-bond donors (Lipinski definition) is 1. The van der Waals surface area contributed by atoms with Crippen molar-refractivity contribution in [3.05, 3.63) is 96.1 Å². The average Bonchev–Trinajstić information content (AvgIpc) is 2.94. The number of hydrazone groups is 1. The van der Waals surface area contributed by atoms with Gasteiger partial charge in [-0.05, 0) is 73.3 Å². The molecule has 8 nitrogen and oxygen atoms in total. The highest BCUT2D eigenvalue weighted by Crippen LogP contribution is 2.29. The molecule has 0 bridgehead atoms. The molecule has 4 rings (SSSR count). The van der Waals surface area contributed by atoms with Gasteiger partial charge in [0.25, 0.3) is 5.91 Å². The third kappa shape index (κ3) is 6.88. The quantitative estimate of drug-likeness (QED) is 0.125. The molecule has 0 fully saturated rings. The lowest BCUT2D eigenvalue weighted by atomic mass is 10.1. The highest BCUT2D eigenvalue weighted by Gasteiger charge is 2.14. The molecule has 0 aliphatic carbocycles. The second-order valence-corrected chi connectivity index (χ2v) is 8.05. The number of fused-ring (bicyclic) bond motifs is 1. The Balaban J connectivity index is 1.35. The zero-order chi connectivity index (χ0) is 26.7. The number of amides is 1. The Labute approximate surface area is 220 Å². The molecule has 0 unspecified atom stereocenters. The smallest absolute Gasteiger partial charge is 0.343 e. The lowest BCUT2D eigenvalue weighted by Gasteiger charge is -2.12. The number of ether oxygens (including phenoxy) is 4. The van der Waals surface area contributed by atoms with Gasteiger partial charge < -0.3 is 18.9 Å². The molecule has 0 atom stereocenters. The predicted octanol–water partition coefficient (Wildman–Crippen LogP) is 5.39. The summed E-state index contributed by atoms with van der Waals surface area (Å²) in [5.74, 6) is 1.03. The second-order valence-electron chi connectivity index (χ2n) is 8.05. The van der Waals surface area contributed by atoms with Gasteiger partial charge in [0.1, 0.15) is 11.5 Å². The Morgan fingerprint density at radius 1 is 0.789 bits per heavy atom. The van der Waals surface area contributed by atoms with Crippen molar-refractivity contribution in [2.45, 2.75) is 13.8 Å². The van der Waals surface area contributed by atoms with Crippen LogP contribution in [-0.2, 0) is 4.79 Å². The highest BCUT2D eigenvalue weighted by molar-refractivity contribution is 5.92. The van der Waals surface area contributed by atoms with Crippen LogP contribution in [0.25, 0.3) is 10.8 Å². The van der Waals surface area contributed by atoms with Crippen molar-refractivity contribution in [1.29, 1.82) is 0 Å². The molecule has 0 aromatic heterocycles. The van der Waals surface area contributed by atoms with Gasteiger partial charge in [0, 0.05) is 5.39 Å². The third-order valence-corrected chi connectivity index (χ3v) is 5.38. The van der Waals surface area contributed by atoms with Gasteiger partial charge in [0.05, 0.1) is 25.0 Å². The minimum atomic E-state index is -0.520. The minimum Gasteiger partial charge on any atom is -0.494 e. The first-order chi connectivity index (χ1) is 18.6. The first kappa shape index (κ1) is 26.2. The third-order valence-electron chi connectivity index (χ3n) is 5.38. The van der Waals surface area contributed by atoms with Crippen LogP contribution < -0.4 is 24.4 Å². The summed E-state index contributed by atoms with van der Waals surface area (Å²) in [4.78, 5) is 24.8. The summed E-state index contributed by atoms with van der Waals surface area (Å²) in [5.41, 5.74) is 3.48. The minimum absolute atomic E-state index is 0.185. The van der Waals surface area contributed by atoms with Crippen molar-refractivity contribution in [3.63, 3.8) is 0 Å². The van der Waals surface area contributed by atoms with Crippen molar-refractivity contribution in [1.82, 2.24) is 5.43 Å². The Hall–Kier alpha value is -4.85. The Bertz CT molecular complexity index is 1430. The Kier molecular flexibility index (Phi) is 8.91. The van der Waals surface area contributed by atoms with Crippen LogP contribution in [0.1, 0.15) is 29.8 Å². The lowest BCUT2D eigenvalue weighted by molar-refractivity contribution is -0.123. The van der Waals surface area contributed by atoms with Gasteiger partial charge in [-0.3, -0.25) is 4.79 Å². The standard InChI is InChI=1S/C30H28N2O6/c1-3-35-24-15-13-23(14-16-24)30(34)38-27-17-12-21(18-28(27)36-4-2)19-31-32-29(33)20-37-26-11-7-9-22-8-5-6-10-25(22)26/h5-19H,3-4,20H2,1-2H3,(H,32,33). The van der Waals surface area contributed by atoms with E-state index in [-0.39, 0.29) is 12.4 Å². The van der Waals surface area contributed by atoms with Gasteiger partial charge >= 0.3 is 5.97 Å². The number of benzene rings is 4. The average molecular weight is 513 g/mol. The number of esters is 1. The van der Waals surface area contributed by atoms with Gasteiger partial charge in [0.15, 0.2) is 18.1 Å². The molecular formula is C30H28N2O6. The van der Waals surface area contributed by atoms with Crippen molar-refractivity contribution in [3.8, 4) is 23.0 Å². The van der Waals surface area contributed by atoms with Crippen molar-refractivity contribution in [2.24, 2.45) is 5.10 Å². The maximum absolute atomic E-state index is 12.6. The molecule has 0 radical (unpaired) electrons. The largest absolute Gasteiger partial charge is 0.494 e. The fourth-order valence-corrected chi connectivity index (χ4v) is 3.65. The Morgan fingerprint density at radius 3 is 2.34 bits per heavy atom. The monoisotopic (exact) mass is 512 g/mol. The number of nitrogens with one attached hydrogen (secondary N) is 1. The molecule has 0 aliphatic heterocycles. The summed E-state index contributed by atoms with van der Waals surface area (Å²) in [6.45, 7) is 4.45. The number of carbonyl (C=O) groups excluding carboxylic acids is 2. The zero-order valence-corrected chi connectivity index (χ0v) is 21.2. The number of carbonyl (C=O) groups is 2.